The van der Waals surface area contributed by atoms with E-state index in [1.54, 1.807) is 55.4 Å². The minimum atomic E-state index is -6.57. The molecular weight excluding hydrogens is 920 g/mol. The van der Waals surface area contributed by atoms with Crippen LogP contribution in [0.2, 0.25) is 0 Å². The second kappa shape index (κ2) is 16.3. The highest BCUT2D eigenvalue weighted by Gasteiger charge is 2.74. The first kappa shape index (κ1) is 51.3. The van der Waals surface area contributed by atoms with Gasteiger partial charge in [-0.15, -0.1) is 0 Å². The summed E-state index contributed by atoms with van der Waals surface area (Å²) in [5.41, 5.74) is -21.9. The number of benzene rings is 4. The Morgan fingerprint density at radius 1 is 0.439 bits per heavy atom. The third-order valence-electron chi connectivity index (χ3n) is 12.5. The fourth-order valence-electron chi connectivity index (χ4n) is 7.56. The molecule has 0 bridgehead atoms. The van der Waals surface area contributed by atoms with Crippen molar-refractivity contribution >= 4 is 46.7 Å². The Morgan fingerprint density at radius 3 is 0.955 bits per heavy atom. The van der Waals surface area contributed by atoms with Crippen molar-refractivity contribution in [2.24, 2.45) is 0 Å². The molecule has 2 aliphatic rings. The van der Waals surface area contributed by atoms with Crippen LogP contribution in [0.1, 0.15) is 66.5 Å². The van der Waals surface area contributed by atoms with E-state index in [0.717, 1.165) is 12.1 Å². The van der Waals surface area contributed by atoms with Crippen LogP contribution in [0.5, 0.6) is 11.5 Å². The minimum Gasteiger partial charge on any atom is -0.467 e. The molecule has 0 N–H and O–H groups in total. The van der Waals surface area contributed by atoms with Crippen molar-refractivity contribution in [2.75, 3.05) is 27.8 Å². The van der Waals surface area contributed by atoms with Gasteiger partial charge in [0.05, 0.1) is 22.4 Å². The van der Waals surface area contributed by atoms with Crippen LogP contribution in [0.4, 0.5) is 61.5 Å². The highest BCUT2D eigenvalue weighted by Crippen LogP contribution is 2.57. The zero-order chi connectivity index (χ0) is 49.8. The first-order valence-electron chi connectivity index (χ1n) is 19.7. The molecule has 0 spiro atoms. The molecule has 4 aromatic rings. The largest absolute Gasteiger partial charge is 0.498 e. The normalized spacial score (nSPS) is 19.0. The van der Waals surface area contributed by atoms with E-state index in [-0.39, 0.29) is 46.0 Å². The van der Waals surface area contributed by atoms with Crippen LogP contribution in [0.15, 0.2) is 48.5 Å². The summed E-state index contributed by atoms with van der Waals surface area (Å²) in [7, 11) is -0.867. The third-order valence-corrected chi connectivity index (χ3v) is 12.5. The second-order valence-electron chi connectivity index (χ2n) is 17.8. The maximum absolute atomic E-state index is 15.8. The molecule has 2 heterocycles. The van der Waals surface area contributed by atoms with Gasteiger partial charge in [-0.3, -0.25) is 0 Å². The van der Waals surface area contributed by atoms with Crippen molar-refractivity contribution in [3.63, 3.8) is 0 Å². The van der Waals surface area contributed by atoms with E-state index in [2.05, 4.69) is 0 Å². The predicted molar refractivity (Wildman–Crippen MR) is 213 cm³/mol. The summed E-state index contributed by atoms with van der Waals surface area (Å²) in [6.45, 7) is 11.4. The van der Waals surface area contributed by atoms with Gasteiger partial charge in [0.25, 0.3) is 0 Å². The van der Waals surface area contributed by atoms with Gasteiger partial charge in [0.2, 0.25) is 0 Å². The maximum atomic E-state index is 15.8. The summed E-state index contributed by atoms with van der Waals surface area (Å²) in [6.07, 6.45) is -26.3. The van der Waals surface area contributed by atoms with E-state index in [1.807, 2.05) is 0 Å². The van der Waals surface area contributed by atoms with Crippen molar-refractivity contribution in [3.8, 4) is 22.6 Å². The average molecular weight is 962 g/mol. The molecule has 0 aliphatic carbocycles. The van der Waals surface area contributed by atoms with Gasteiger partial charge < -0.3 is 37.6 Å². The molecule has 8 nitrogen and oxygen atoms in total. The third kappa shape index (κ3) is 8.13. The van der Waals surface area contributed by atoms with Crippen molar-refractivity contribution in [1.82, 2.24) is 0 Å². The second-order valence-corrected chi connectivity index (χ2v) is 17.8. The van der Waals surface area contributed by atoms with E-state index in [1.165, 1.54) is 14.2 Å². The average Bonchev–Trinajstić information content (AvgIpc) is 3.54. The first-order valence-corrected chi connectivity index (χ1v) is 19.7. The van der Waals surface area contributed by atoms with Crippen molar-refractivity contribution < 1.29 is 99.0 Å². The molecule has 4 aromatic carbocycles. The summed E-state index contributed by atoms with van der Waals surface area (Å²) in [5.74, 6) is -0.782. The summed E-state index contributed by atoms with van der Waals surface area (Å²) in [4.78, 5) is 0. The summed E-state index contributed by atoms with van der Waals surface area (Å²) in [5, 5.41) is -1.87. The molecule has 0 radical (unpaired) electrons. The fourth-order valence-corrected chi connectivity index (χ4v) is 7.56. The summed E-state index contributed by atoms with van der Waals surface area (Å²) < 4.78 is 250. The van der Waals surface area contributed by atoms with Gasteiger partial charge in [-0.05, 0) is 89.1 Å². The zero-order valence-corrected chi connectivity index (χ0v) is 36.7. The smallest absolute Gasteiger partial charge is 0.467 e. The van der Waals surface area contributed by atoms with Crippen LogP contribution in [0.25, 0.3) is 32.7 Å². The Bertz CT molecular complexity index is 2270. The van der Waals surface area contributed by atoms with Gasteiger partial charge in [0.15, 0.2) is 13.6 Å². The van der Waals surface area contributed by atoms with Crippen LogP contribution in [0.3, 0.4) is 0 Å². The molecule has 6 rings (SSSR count). The highest BCUT2D eigenvalue weighted by atomic mass is 19.4. The minimum absolute atomic E-state index is 0.194. The molecule has 0 unspecified atom stereocenters. The van der Waals surface area contributed by atoms with Gasteiger partial charge in [-0.2, -0.15) is 52.7 Å². The SMILES string of the molecule is COCOc1c(B2OC(C)(C)C(C)(C)O2)cc2cc(C(F)(C(F)(F)F)C(F)(F)F)ccc2c1-c1c(OCOC)c(B2OC(C)(C)C(C)(C)O2)cc2cc(C(F)(C(F)(F)F)C(F)(F)F)ccc12. The Labute approximate surface area is 369 Å². The number of fused-ring (bicyclic) bond motifs is 2. The van der Waals surface area contributed by atoms with Gasteiger partial charge in [-0.1, -0.05) is 36.4 Å². The molecule has 2 aliphatic heterocycles. The topological polar surface area (TPSA) is 73.8 Å². The molecule has 2 saturated heterocycles. The summed E-state index contributed by atoms with van der Waals surface area (Å²) in [6, 6.07) is 4.24. The molecule has 2 fully saturated rings. The number of hydrogen-bond donors (Lipinski definition) is 0. The molecule has 0 aromatic heterocycles. The summed E-state index contributed by atoms with van der Waals surface area (Å²) >= 11 is 0. The number of ether oxygens (including phenoxy) is 4. The van der Waals surface area contributed by atoms with Crippen LogP contribution in [-0.4, -0.2) is 89.2 Å². The van der Waals surface area contributed by atoms with Crippen molar-refractivity contribution in [2.45, 2.75) is 114 Å². The predicted octanol–water partition coefficient (Wildman–Crippen LogP) is 10.8. The Kier molecular flexibility index (Phi) is 12.6. The molecule has 362 valence electrons. The monoisotopic (exact) mass is 962 g/mol. The zero-order valence-electron chi connectivity index (χ0n) is 36.7. The van der Waals surface area contributed by atoms with Gasteiger partial charge in [0, 0.05) is 47.4 Å². The van der Waals surface area contributed by atoms with E-state index in [0.29, 0.717) is 12.1 Å². The Hall–Kier alpha value is -4.09. The lowest BCUT2D eigenvalue weighted by Gasteiger charge is -2.32. The molecule has 66 heavy (non-hydrogen) atoms. The van der Waals surface area contributed by atoms with E-state index in [9.17, 15) is 52.7 Å². The quantitative estimate of drug-likeness (QED) is 0.0836. The van der Waals surface area contributed by atoms with Crippen LogP contribution >= 0.6 is 0 Å². The van der Waals surface area contributed by atoms with Crippen LogP contribution < -0.4 is 20.4 Å². The van der Waals surface area contributed by atoms with Gasteiger partial charge >= 0.3 is 50.3 Å². The Morgan fingerprint density at radius 2 is 0.712 bits per heavy atom. The van der Waals surface area contributed by atoms with Crippen molar-refractivity contribution in [3.05, 3.63) is 59.7 Å². The Balaban J connectivity index is 1.88. The lowest BCUT2D eigenvalue weighted by atomic mass is 9.72. The fraction of sp³-hybridized carbons (Fsp3) is 0.524. The van der Waals surface area contributed by atoms with Gasteiger partial charge in [0.1, 0.15) is 11.5 Å². The van der Waals surface area contributed by atoms with E-state index < -0.39 is 131 Å². The number of methoxy groups -OCH3 is 2. The van der Waals surface area contributed by atoms with Gasteiger partial charge in [-0.25, -0.2) is 8.78 Å². The number of halogens is 14. The number of rotatable bonds is 11. The lowest BCUT2D eigenvalue weighted by molar-refractivity contribution is -0.349. The number of hydrogen-bond acceptors (Lipinski definition) is 8. The van der Waals surface area contributed by atoms with E-state index >= 15 is 8.78 Å². The first-order chi connectivity index (χ1) is 29.9. The van der Waals surface area contributed by atoms with Crippen LogP contribution in [0, 0.1) is 0 Å². The van der Waals surface area contributed by atoms with Crippen LogP contribution in [-0.2, 0) is 39.4 Å². The van der Waals surface area contributed by atoms with E-state index in [4.69, 9.17) is 37.6 Å². The van der Waals surface area contributed by atoms with Crippen molar-refractivity contribution in [1.29, 1.82) is 0 Å². The standard InChI is InChI=1S/C42H42B2F14O8/c1-33(2)34(3,4)64-43(63-33)27-17-21-15-23(37(45,39(47,48)49)40(50,51)52)11-13-25(21)29(31(27)61-19-59-9)30-26-14-12-24(38(46,41(53,54)55)42(56,57)58)16-22(26)18-28(32(30)62-20-60-10)44-65-35(5,6)36(7,8)66-44/h11-18H,19-20H2,1-10H3. The highest BCUT2D eigenvalue weighted by molar-refractivity contribution is 6.65. The molecular formula is C42H42B2F14O8. The number of alkyl halides is 14. The molecule has 0 amide bonds. The maximum Gasteiger partial charge on any atom is 0.498 e. The molecule has 24 heteroatoms. The molecule has 0 saturated carbocycles. The lowest BCUT2D eigenvalue weighted by Crippen LogP contribution is -2.50. The molecule has 0 atom stereocenters.